The molecule has 94 valence electrons. The first-order chi connectivity index (χ1) is 8.20. The minimum absolute atomic E-state index is 0.648. The molecule has 0 bridgehead atoms. The van der Waals surface area contributed by atoms with Gasteiger partial charge in [-0.05, 0) is 44.2 Å². The van der Waals surface area contributed by atoms with Crippen LogP contribution in [0.5, 0.6) is 0 Å². The maximum atomic E-state index is 3.54. The highest BCUT2D eigenvalue weighted by Crippen LogP contribution is 2.34. The first kappa shape index (κ1) is 12.6. The molecule has 0 amide bonds. The molecule has 1 aliphatic rings. The Kier molecular flexibility index (Phi) is 4.22. The Hall–Kier alpha value is -0.820. The van der Waals surface area contributed by atoms with E-state index in [1.807, 2.05) is 0 Å². The van der Waals surface area contributed by atoms with E-state index in [1.165, 1.54) is 36.8 Å². The molecule has 1 fully saturated rings. The Bertz CT molecular complexity index is 358. The molecule has 0 aromatic heterocycles. The lowest BCUT2D eigenvalue weighted by Gasteiger charge is -2.27. The number of rotatable bonds is 4. The zero-order valence-corrected chi connectivity index (χ0v) is 11.4. The number of aryl methyl sites for hydroxylation is 1. The van der Waals surface area contributed by atoms with E-state index < -0.39 is 0 Å². The van der Waals surface area contributed by atoms with Gasteiger partial charge in [-0.15, -0.1) is 0 Å². The largest absolute Gasteiger partial charge is 0.316 e. The second-order valence-electron chi connectivity index (χ2n) is 5.66. The smallest absolute Gasteiger partial charge is 0.0135 e. The molecule has 1 N–H and O–H groups in total. The molecule has 1 aromatic carbocycles. The van der Waals surface area contributed by atoms with Crippen LogP contribution in [0.4, 0.5) is 0 Å². The number of nitrogens with one attached hydrogen (secondary N) is 1. The van der Waals surface area contributed by atoms with Crippen LogP contribution >= 0.6 is 0 Å². The van der Waals surface area contributed by atoms with Crippen molar-refractivity contribution in [3.63, 3.8) is 0 Å². The third-order valence-electron chi connectivity index (χ3n) is 4.35. The van der Waals surface area contributed by atoms with Crippen LogP contribution in [0, 0.1) is 18.8 Å². The predicted octanol–water partition coefficient (Wildman–Crippen LogP) is 3.56. The Morgan fingerprint density at radius 1 is 1.35 bits per heavy atom. The molecule has 0 spiro atoms. The summed E-state index contributed by atoms with van der Waals surface area (Å²) in [5.41, 5.74) is 2.85. The molecule has 1 aliphatic carbocycles. The summed E-state index contributed by atoms with van der Waals surface area (Å²) in [6.07, 6.45) is 5.40. The summed E-state index contributed by atoms with van der Waals surface area (Å²) in [5.74, 6) is 1.75. The van der Waals surface area contributed by atoms with Crippen molar-refractivity contribution in [2.75, 3.05) is 7.05 Å². The molecule has 2 rings (SSSR count). The lowest BCUT2D eigenvalue weighted by atomic mass is 9.86. The van der Waals surface area contributed by atoms with E-state index in [0.717, 1.165) is 11.8 Å². The molecule has 0 radical (unpaired) electrons. The van der Waals surface area contributed by atoms with Crippen LogP contribution in [0.2, 0.25) is 0 Å². The molecule has 17 heavy (non-hydrogen) atoms. The zero-order chi connectivity index (χ0) is 12.3. The SMILES string of the molecule is CNC(Cc1cccc(C)c1)C1CCCC1C. The van der Waals surface area contributed by atoms with Gasteiger partial charge in [-0.3, -0.25) is 0 Å². The molecule has 0 aliphatic heterocycles. The van der Waals surface area contributed by atoms with Gasteiger partial charge in [-0.1, -0.05) is 49.6 Å². The molecular weight excluding hydrogens is 206 g/mol. The van der Waals surface area contributed by atoms with Crippen molar-refractivity contribution in [1.82, 2.24) is 5.32 Å². The third kappa shape index (κ3) is 3.10. The van der Waals surface area contributed by atoms with E-state index in [1.54, 1.807) is 0 Å². The number of hydrogen-bond donors (Lipinski definition) is 1. The van der Waals surface area contributed by atoms with Gasteiger partial charge in [0.25, 0.3) is 0 Å². The summed E-state index contributed by atoms with van der Waals surface area (Å²) in [4.78, 5) is 0. The monoisotopic (exact) mass is 231 g/mol. The Morgan fingerprint density at radius 2 is 2.18 bits per heavy atom. The summed E-state index contributed by atoms with van der Waals surface area (Å²) < 4.78 is 0. The van der Waals surface area contributed by atoms with Crippen molar-refractivity contribution in [1.29, 1.82) is 0 Å². The average molecular weight is 231 g/mol. The van der Waals surface area contributed by atoms with E-state index >= 15 is 0 Å². The highest BCUT2D eigenvalue weighted by molar-refractivity contribution is 5.23. The molecule has 1 nitrogen and oxygen atoms in total. The van der Waals surface area contributed by atoms with Crippen molar-refractivity contribution in [2.45, 2.75) is 45.6 Å². The predicted molar refractivity (Wildman–Crippen MR) is 74.2 cm³/mol. The van der Waals surface area contributed by atoms with Gasteiger partial charge >= 0.3 is 0 Å². The fourth-order valence-corrected chi connectivity index (χ4v) is 3.33. The van der Waals surface area contributed by atoms with Crippen molar-refractivity contribution >= 4 is 0 Å². The van der Waals surface area contributed by atoms with Gasteiger partial charge in [0.1, 0.15) is 0 Å². The van der Waals surface area contributed by atoms with Crippen LogP contribution in [-0.4, -0.2) is 13.1 Å². The summed E-state index contributed by atoms with van der Waals surface area (Å²) in [7, 11) is 2.12. The van der Waals surface area contributed by atoms with Crippen LogP contribution in [-0.2, 0) is 6.42 Å². The van der Waals surface area contributed by atoms with Crippen molar-refractivity contribution in [3.8, 4) is 0 Å². The second-order valence-corrected chi connectivity index (χ2v) is 5.66. The minimum Gasteiger partial charge on any atom is -0.316 e. The molecule has 0 heterocycles. The molecule has 1 heteroatoms. The molecule has 0 saturated heterocycles. The Morgan fingerprint density at radius 3 is 2.76 bits per heavy atom. The van der Waals surface area contributed by atoms with E-state index in [2.05, 4.69) is 50.5 Å². The first-order valence-corrected chi connectivity index (χ1v) is 6.93. The minimum atomic E-state index is 0.648. The quantitative estimate of drug-likeness (QED) is 0.835. The normalized spacial score (nSPS) is 26.1. The van der Waals surface area contributed by atoms with Crippen molar-refractivity contribution in [3.05, 3.63) is 35.4 Å². The summed E-state index contributed by atoms with van der Waals surface area (Å²) in [6.45, 7) is 4.59. The number of hydrogen-bond acceptors (Lipinski definition) is 1. The van der Waals surface area contributed by atoms with E-state index in [9.17, 15) is 0 Å². The van der Waals surface area contributed by atoms with E-state index in [0.29, 0.717) is 6.04 Å². The van der Waals surface area contributed by atoms with Gasteiger partial charge in [0.2, 0.25) is 0 Å². The van der Waals surface area contributed by atoms with Gasteiger partial charge in [0, 0.05) is 6.04 Å². The van der Waals surface area contributed by atoms with Gasteiger partial charge in [-0.25, -0.2) is 0 Å². The van der Waals surface area contributed by atoms with Gasteiger partial charge in [-0.2, -0.15) is 0 Å². The third-order valence-corrected chi connectivity index (χ3v) is 4.35. The van der Waals surface area contributed by atoms with Gasteiger partial charge in [0.05, 0.1) is 0 Å². The Balaban J connectivity index is 2.04. The fourth-order valence-electron chi connectivity index (χ4n) is 3.33. The molecule has 3 unspecified atom stereocenters. The van der Waals surface area contributed by atoms with Crippen LogP contribution < -0.4 is 5.32 Å². The molecule has 1 saturated carbocycles. The molecular formula is C16H25N. The zero-order valence-electron chi connectivity index (χ0n) is 11.4. The van der Waals surface area contributed by atoms with E-state index in [-0.39, 0.29) is 0 Å². The highest BCUT2D eigenvalue weighted by Gasteiger charge is 2.29. The summed E-state index contributed by atoms with van der Waals surface area (Å²) >= 11 is 0. The van der Waals surface area contributed by atoms with Gasteiger partial charge < -0.3 is 5.32 Å². The maximum absolute atomic E-state index is 3.54. The Labute approximate surface area is 106 Å². The van der Waals surface area contributed by atoms with Crippen molar-refractivity contribution < 1.29 is 0 Å². The van der Waals surface area contributed by atoms with Crippen LogP contribution in [0.25, 0.3) is 0 Å². The van der Waals surface area contributed by atoms with Crippen LogP contribution in [0.3, 0.4) is 0 Å². The first-order valence-electron chi connectivity index (χ1n) is 6.93. The highest BCUT2D eigenvalue weighted by atomic mass is 14.9. The molecule has 3 atom stereocenters. The van der Waals surface area contributed by atoms with Crippen LogP contribution in [0.1, 0.15) is 37.3 Å². The topological polar surface area (TPSA) is 12.0 Å². The van der Waals surface area contributed by atoms with Gasteiger partial charge in [0.15, 0.2) is 0 Å². The lowest BCUT2D eigenvalue weighted by molar-refractivity contribution is 0.308. The lowest BCUT2D eigenvalue weighted by Crippen LogP contribution is -2.36. The second kappa shape index (κ2) is 5.68. The van der Waals surface area contributed by atoms with E-state index in [4.69, 9.17) is 0 Å². The number of likely N-dealkylation sites (N-methyl/N-ethyl adjacent to an activating group) is 1. The summed E-state index contributed by atoms with van der Waals surface area (Å²) in [5, 5.41) is 3.54. The van der Waals surface area contributed by atoms with Crippen molar-refractivity contribution in [2.24, 2.45) is 11.8 Å². The van der Waals surface area contributed by atoms with Crippen LogP contribution in [0.15, 0.2) is 24.3 Å². The fraction of sp³-hybridized carbons (Fsp3) is 0.625. The summed E-state index contributed by atoms with van der Waals surface area (Å²) in [6, 6.07) is 9.58. The average Bonchev–Trinajstić information content (AvgIpc) is 2.72. The number of benzene rings is 1. The standard InChI is InChI=1S/C16H25N/c1-12-6-4-8-14(10-12)11-16(17-3)15-9-5-7-13(15)2/h4,6,8,10,13,15-17H,5,7,9,11H2,1-3H3. The molecule has 1 aromatic rings. The maximum Gasteiger partial charge on any atom is 0.0135 e.